The summed E-state index contributed by atoms with van der Waals surface area (Å²) in [5, 5.41) is 0. The number of nitrogens with zero attached hydrogens (tertiary/aromatic N) is 2. The maximum Gasteiger partial charge on any atom is 0.177 e. The highest BCUT2D eigenvalue weighted by molar-refractivity contribution is 5.84. The van der Waals surface area contributed by atoms with E-state index in [9.17, 15) is 0 Å². The lowest BCUT2D eigenvalue weighted by Crippen LogP contribution is -1.86. The maximum absolute atomic E-state index is 4.37. The number of rotatable bonds is 3. The first-order valence-electron chi connectivity index (χ1n) is 7.40. The number of H-pyrrole nitrogens is 1. The van der Waals surface area contributed by atoms with Crippen LogP contribution < -0.4 is 0 Å². The van der Waals surface area contributed by atoms with Crippen LogP contribution in [-0.4, -0.2) is 15.7 Å². The van der Waals surface area contributed by atoms with Gasteiger partial charge in [0.15, 0.2) is 5.82 Å². The largest absolute Gasteiger partial charge is 0.341 e. The van der Waals surface area contributed by atoms with Gasteiger partial charge in [-0.15, -0.1) is 0 Å². The van der Waals surface area contributed by atoms with Crippen molar-refractivity contribution in [2.45, 2.75) is 68.7 Å². The van der Waals surface area contributed by atoms with E-state index in [-0.39, 0.29) is 0 Å². The van der Waals surface area contributed by atoms with Gasteiger partial charge in [-0.3, -0.25) is 0 Å². The summed E-state index contributed by atoms with van der Waals surface area (Å²) in [6.07, 6.45) is 2.68. The molecular formula is C16H33N3. The van der Waals surface area contributed by atoms with Crippen LogP contribution in [0.2, 0.25) is 0 Å². The van der Waals surface area contributed by atoms with Crippen molar-refractivity contribution in [2.75, 3.05) is 0 Å². The molecule has 0 radical (unpaired) electrons. The fourth-order valence-electron chi connectivity index (χ4n) is 0.985. The van der Waals surface area contributed by atoms with E-state index in [0.29, 0.717) is 0 Å². The standard InChI is InChI=1S/C10H15N3.3C2H6/c1-5-7(3)11-10-9(6-2)12-8(4)13-10;3*1-2/h6H,2,5H2,1,3-4H3,(H,12,13);3*1-2H3/b11-7-;;;. The Morgan fingerprint density at radius 3 is 2.05 bits per heavy atom. The van der Waals surface area contributed by atoms with Gasteiger partial charge in [-0.25, -0.2) is 9.98 Å². The minimum Gasteiger partial charge on any atom is -0.341 e. The van der Waals surface area contributed by atoms with E-state index in [1.165, 1.54) is 0 Å². The molecule has 1 heterocycles. The van der Waals surface area contributed by atoms with Crippen LogP contribution in [0.5, 0.6) is 0 Å². The second kappa shape index (κ2) is 16.6. The predicted molar refractivity (Wildman–Crippen MR) is 90.5 cm³/mol. The first-order valence-corrected chi connectivity index (χ1v) is 7.40. The molecule has 0 aliphatic heterocycles. The molecular weight excluding hydrogens is 234 g/mol. The summed E-state index contributed by atoms with van der Waals surface area (Å²) < 4.78 is 0. The Morgan fingerprint density at radius 1 is 1.21 bits per heavy atom. The van der Waals surface area contributed by atoms with Crippen molar-refractivity contribution in [3.05, 3.63) is 18.1 Å². The van der Waals surface area contributed by atoms with Crippen molar-refractivity contribution in [3.63, 3.8) is 0 Å². The molecule has 1 aromatic rings. The summed E-state index contributed by atoms with van der Waals surface area (Å²) in [5.41, 5.74) is 1.97. The predicted octanol–water partition coefficient (Wildman–Crippen LogP) is 5.94. The average molecular weight is 267 g/mol. The molecule has 0 atom stereocenters. The lowest BCUT2D eigenvalue weighted by molar-refractivity contribution is 1.14. The number of hydrogen-bond donors (Lipinski definition) is 1. The van der Waals surface area contributed by atoms with E-state index in [1.807, 2.05) is 55.4 Å². The number of hydrogen-bond acceptors (Lipinski definition) is 2. The van der Waals surface area contributed by atoms with E-state index in [1.54, 1.807) is 6.08 Å². The van der Waals surface area contributed by atoms with Crippen LogP contribution in [0, 0.1) is 6.92 Å². The van der Waals surface area contributed by atoms with Gasteiger partial charge in [-0.1, -0.05) is 55.0 Å². The highest BCUT2D eigenvalue weighted by Gasteiger charge is 2.02. The average Bonchev–Trinajstić information content (AvgIpc) is 2.85. The smallest absolute Gasteiger partial charge is 0.177 e. The molecule has 0 unspecified atom stereocenters. The van der Waals surface area contributed by atoms with Crippen molar-refractivity contribution >= 4 is 17.6 Å². The van der Waals surface area contributed by atoms with Crippen molar-refractivity contribution in [3.8, 4) is 0 Å². The van der Waals surface area contributed by atoms with Crippen molar-refractivity contribution in [1.82, 2.24) is 9.97 Å². The van der Waals surface area contributed by atoms with E-state index >= 15 is 0 Å². The zero-order valence-electron chi connectivity index (χ0n) is 14.4. The molecule has 0 aliphatic carbocycles. The molecule has 112 valence electrons. The van der Waals surface area contributed by atoms with Gasteiger partial charge < -0.3 is 4.98 Å². The molecule has 0 aromatic carbocycles. The van der Waals surface area contributed by atoms with Gasteiger partial charge >= 0.3 is 0 Å². The number of imidazole rings is 1. The lowest BCUT2D eigenvalue weighted by Gasteiger charge is -1.93. The number of aliphatic imine (C=N–C) groups is 1. The monoisotopic (exact) mass is 267 g/mol. The molecule has 1 N–H and O–H groups in total. The normalized spacial score (nSPS) is 9.00. The quantitative estimate of drug-likeness (QED) is 0.676. The highest BCUT2D eigenvalue weighted by Crippen LogP contribution is 2.17. The SMILES string of the molecule is C=Cc1[nH]c(C)nc1/N=C(/C)CC.CC.CC.CC. The van der Waals surface area contributed by atoms with Gasteiger partial charge in [0.1, 0.15) is 5.82 Å². The lowest BCUT2D eigenvalue weighted by atomic mass is 10.3. The van der Waals surface area contributed by atoms with Crippen LogP contribution in [0.3, 0.4) is 0 Å². The fourth-order valence-corrected chi connectivity index (χ4v) is 0.985. The zero-order chi connectivity index (χ0) is 15.8. The molecule has 0 spiro atoms. The molecule has 0 fully saturated rings. The van der Waals surface area contributed by atoms with E-state index < -0.39 is 0 Å². The van der Waals surface area contributed by atoms with Gasteiger partial charge in [-0.2, -0.15) is 0 Å². The minimum atomic E-state index is 0.742. The molecule has 0 aliphatic rings. The summed E-state index contributed by atoms with van der Waals surface area (Å²) in [6, 6.07) is 0. The third-order valence-corrected chi connectivity index (χ3v) is 1.84. The van der Waals surface area contributed by atoms with Gasteiger partial charge in [0.25, 0.3) is 0 Å². The minimum absolute atomic E-state index is 0.742. The summed E-state index contributed by atoms with van der Waals surface area (Å²) in [4.78, 5) is 11.7. The number of aryl methyl sites for hydroxylation is 1. The number of nitrogens with one attached hydrogen (secondary N) is 1. The molecule has 0 amide bonds. The Kier molecular flexibility index (Phi) is 19.9. The molecule has 19 heavy (non-hydrogen) atoms. The van der Waals surface area contributed by atoms with E-state index in [2.05, 4.69) is 28.5 Å². The van der Waals surface area contributed by atoms with Gasteiger partial charge in [-0.05, 0) is 26.3 Å². The van der Waals surface area contributed by atoms with Crippen LogP contribution in [-0.2, 0) is 0 Å². The van der Waals surface area contributed by atoms with Crippen molar-refractivity contribution in [2.24, 2.45) is 4.99 Å². The van der Waals surface area contributed by atoms with Gasteiger partial charge in [0.05, 0.1) is 5.69 Å². The molecule has 3 nitrogen and oxygen atoms in total. The number of aromatic amines is 1. The molecule has 3 heteroatoms. The summed E-state index contributed by atoms with van der Waals surface area (Å²) in [5.74, 6) is 1.62. The third-order valence-electron chi connectivity index (χ3n) is 1.84. The molecule has 0 bridgehead atoms. The van der Waals surface area contributed by atoms with Crippen molar-refractivity contribution < 1.29 is 0 Å². The Morgan fingerprint density at radius 2 is 1.68 bits per heavy atom. The van der Waals surface area contributed by atoms with Crippen LogP contribution >= 0.6 is 0 Å². The van der Waals surface area contributed by atoms with Gasteiger partial charge in [0.2, 0.25) is 0 Å². The van der Waals surface area contributed by atoms with E-state index in [0.717, 1.165) is 29.5 Å². The van der Waals surface area contributed by atoms with Crippen LogP contribution in [0.1, 0.15) is 73.3 Å². The Labute approximate surface area is 120 Å². The fraction of sp³-hybridized carbons (Fsp3) is 0.625. The summed E-state index contributed by atoms with van der Waals surface area (Å²) in [7, 11) is 0. The second-order valence-corrected chi connectivity index (χ2v) is 2.96. The van der Waals surface area contributed by atoms with Crippen molar-refractivity contribution in [1.29, 1.82) is 0 Å². The molecule has 0 saturated carbocycles. The zero-order valence-corrected chi connectivity index (χ0v) is 14.4. The van der Waals surface area contributed by atoms with Crippen LogP contribution in [0.4, 0.5) is 5.82 Å². The van der Waals surface area contributed by atoms with E-state index in [4.69, 9.17) is 0 Å². The first-order chi connectivity index (χ1) is 9.17. The maximum atomic E-state index is 4.37. The Bertz CT molecular complexity index is 336. The first kappa shape index (κ1) is 22.8. The van der Waals surface area contributed by atoms with Crippen LogP contribution in [0.15, 0.2) is 11.6 Å². The van der Waals surface area contributed by atoms with Gasteiger partial charge in [0, 0.05) is 5.71 Å². The summed E-state index contributed by atoms with van der Waals surface area (Å²) in [6.45, 7) is 21.7. The topological polar surface area (TPSA) is 41.0 Å². The Balaban J connectivity index is -0.000000375. The Hall–Kier alpha value is -1.38. The number of aromatic nitrogens is 2. The third kappa shape index (κ3) is 10.2. The highest BCUT2D eigenvalue weighted by atomic mass is 15.0. The molecule has 1 rings (SSSR count). The second-order valence-electron chi connectivity index (χ2n) is 2.96. The van der Waals surface area contributed by atoms with Crippen LogP contribution in [0.25, 0.3) is 6.08 Å². The summed E-state index contributed by atoms with van der Waals surface area (Å²) >= 11 is 0. The molecule has 0 saturated heterocycles. The molecule has 1 aromatic heterocycles.